The van der Waals surface area contributed by atoms with Gasteiger partial charge in [-0.15, -0.1) is 11.8 Å². The van der Waals surface area contributed by atoms with E-state index in [-0.39, 0.29) is 18.9 Å². The van der Waals surface area contributed by atoms with Crippen molar-refractivity contribution in [3.05, 3.63) is 24.3 Å². The van der Waals surface area contributed by atoms with Crippen LogP contribution in [0.2, 0.25) is 0 Å². The van der Waals surface area contributed by atoms with Crippen LogP contribution in [0.3, 0.4) is 0 Å². The van der Waals surface area contributed by atoms with Crippen molar-refractivity contribution in [2.24, 2.45) is 0 Å². The molecule has 1 unspecified atom stereocenters. The number of carbonyl (C=O) groups excluding carboxylic acids is 3. The highest BCUT2D eigenvalue weighted by molar-refractivity contribution is 8.01. The number of thioether (sulfide) groups is 1. The average Bonchev–Trinajstić information content (AvgIpc) is 2.60. The minimum atomic E-state index is -0.778. The summed E-state index contributed by atoms with van der Waals surface area (Å²) >= 11 is 1.32. The van der Waals surface area contributed by atoms with Gasteiger partial charge in [-0.3, -0.25) is 15.0 Å². The summed E-state index contributed by atoms with van der Waals surface area (Å²) in [6.07, 6.45) is 0.0454. The second kappa shape index (κ2) is 9.90. The molecular formula is C16H21N3O5S. The molecule has 0 saturated carbocycles. The van der Waals surface area contributed by atoms with Gasteiger partial charge in [0.25, 0.3) is 0 Å². The molecule has 0 spiro atoms. The van der Waals surface area contributed by atoms with Crippen molar-refractivity contribution in [2.75, 3.05) is 25.1 Å². The monoisotopic (exact) mass is 367 g/mol. The number of ether oxygens (including phenoxy) is 2. The Hall–Kier alpha value is -2.26. The minimum absolute atomic E-state index is 0.0648. The smallest absolute Gasteiger partial charge is 0.426 e. The lowest BCUT2D eigenvalue weighted by Crippen LogP contribution is -2.44. The number of carbonyl (C=O) groups is 3. The lowest BCUT2D eigenvalue weighted by Gasteiger charge is -2.23. The first-order chi connectivity index (χ1) is 12.1. The van der Waals surface area contributed by atoms with Crippen LogP contribution >= 0.6 is 11.8 Å². The minimum Gasteiger partial charge on any atom is -0.446 e. The first kappa shape index (κ1) is 19.1. The third-order valence-corrected chi connectivity index (χ3v) is 4.47. The van der Waals surface area contributed by atoms with Crippen molar-refractivity contribution in [3.8, 4) is 0 Å². The van der Waals surface area contributed by atoms with Crippen LogP contribution < -0.4 is 16.2 Å². The molecule has 1 aromatic carbocycles. The van der Waals surface area contributed by atoms with Crippen molar-refractivity contribution < 1.29 is 23.9 Å². The van der Waals surface area contributed by atoms with E-state index in [1.807, 2.05) is 25.1 Å². The number of hydrogen-bond acceptors (Lipinski definition) is 6. The average molecular weight is 367 g/mol. The summed E-state index contributed by atoms with van der Waals surface area (Å²) in [5.41, 5.74) is 5.11. The molecule has 136 valence electrons. The van der Waals surface area contributed by atoms with Crippen molar-refractivity contribution in [1.82, 2.24) is 10.9 Å². The number of fused-ring (bicyclic) bond motifs is 1. The number of hydrazine groups is 1. The Morgan fingerprint density at radius 1 is 1.20 bits per heavy atom. The number of amides is 3. The van der Waals surface area contributed by atoms with E-state index < -0.39 is 17.3 Å². The van der Waals surface area contributed by atoms with E-state index in [0.717, 1.165) is 17.0 Å². The van der Waals surface area contributed by atoms with E-state index in [0.29, 0.717) is 13.2 Å². The Labute approximate surface area is 150 Å². The van der Waals surface area contributed by atoms with Crippen LogP contribution in [-0.2, 0) is 19.1 Å². The van der Waals surface area contributed by atoms with Gasteiger partial charge in [0.05, 0.1) is 17.5 Å². The quantitative estimate of drug-likeness (QED) is 0.500. The summed E-state index contributed by atoms with van der Waals surface area (Å²) in [5.74, 6) is -0.722. The van der Waals surface area contributed by atoms with Crippen LogP contribution in [0.4, 0.5) is 10.5 Å². The Balaban J connectivity index is 1.68. The second-order valence-corrected chi connectivity index (χ2v) is 6.46. The summed E-state index contributed by atoms with van der Waals surface area (Å²) < 4.78 is 9.98. The highest BCUT2D eigenvalue weighted by atomic mass is 32.2. The topological polar surface area (TPSA) is 106 Å². The van der Waals surface area contributed by atoms with Crippen LogP contribution in [0.5, 0.6) is 0 Å². The first-order valence-corrected chi connectivity index (χ1v) is 8.84. The van der Waals surface area contributed by atoms with Gasteiger partial charge in [-0.1, -0.05) is 19.1 Å². The summed E-state index contributed by atoms with van der Waals surface area (Å²) in [7, 11) is 0. The highest BCUT2D eigenvalue weighted by Gasteiger charge is 2.28. The van der Waals surface area contributed by atoms with Gasteiger partial charge in [0.2, 0.25) is 11.8 Å². The lowest BCUT2D eigenvalue weighted by molar-refractivity contribution is -0.124. The Morgan fingerprint density at radius 2 is 2.00 bits per heavy atom. The molecule has 1 aliphatic heterocycles. The van der Waals surface area contributed by atoms with Crippen LogP contribution in [-0.4, -0.2) is 43.0 Å². The molecule has 0 bridgehead atoms. The molecule has 0 fully saturated rings. The molecule has 8 nitrogen and oxygen atoms in total. The SMILES string of the molecule is CCCOCCOC(=O)NNC(=O)CC1Sc2ccccc2NC1=O. The number of nitrogens with one attached hydrogen (secondary N) is 3. The maximum Gasteiger partial charge on any atom is 0.426 e. The normalized spacial score (nSPS) is 15.7. The largest absolute Gasteiger partial charge is 0.446 e. The summed E-state index contributed by atoms with van der Waals surface area (Å²) in [5, 5.41) is 2.20. The highest BCUT2D eigenvalue weighted by Crippen LogP contribution is 2.36. The molecule has 0 aliphatic carbocycles. The molecule has 1 aromatic rings. The molecule has 3 amide bonds. The lowest BCUT2D eigenvalue weighted by atomic mass is 10.2. The maximum absolute atomic E-state index is 12.0. The van der Waals surface area contributed by atoms with Gasteiger partial charge in [-0.05, 0) is 18.6 Å². The molecule has 3 N–H and O–H groups in total. The van der Waals surface area contributed by atoms with Crippen LogP contribution in [0.25, 0.3) is 0 Å². The van der Waals surface area contributed by atoms with E-state index >= 15 is 0 Å². The molecule has 1 atom stereocenters. The molecule has 1 aliphatic rings. The van der Waals surface area contributed by atoms with E-state index in [4.69, 9.17) is 9.47 Å². The van der Waals surface area contributed by atoms with Crippen LogP contribution in [0.15, 0.2) is 29.2 Å². The van der Waals surface area contributed by atoms with Crippen LogP contribution in [0.1, 0.15) is 19.8 Å². The Kier molecular flexibility index (Phi) is 7.55. The standard InChI is InChI=1S/C16H21N3O5S/c1-2-7-23-8-9-24-16(22)19-18-14(20)10-13-15(21)17-11-5-3-4-6-12(11)25-13/h3-6,13H,2,7-10H2,1H3,(H,17,21)(H,18,20)(H,19,22). The zero-order valence-corrected chi connectivity index (χ0v) is 14.7. The number of benzene rings is 1. The molecule has 25 heavy (non-hydrogen) atoms. The third-order valence-electron chi connectivity index (χ3n) is 3.19. The Morgan fingerprint density at radius 3 is 2.80 bits per heavy atom. The van der Waals surface area contributed by atoms with E-state index in [1.165, 1.54) is 11.8 Å². The van der Waals surface area contributed by atoms with E-state index in [2.05, 4.69) is 16.2 Å². The molecular weight excluding hydrogens is 346 g/mol. The maximum atomic E-state index is 12.0. The number of para-hydroxylation sites is 1. The zero-order chi connectivity index (χ0) is 18.1. The number of anilines is 1. The fourth-order valence-electron chi connectivity index (χ4n) is 2.04. The molecule has 9 heteroatoms. The summed E-state index contributed by atoms with van der Waals surface area (Å²) in [4.78, 5) is 36.2. The third kappa shape index (κ3) is 6.28. The molecule has 1 heterocycles. The van der Waals surface area contributed by atoms with Gasteiger partial charge >= 0.3 is 6.09 Å². The molecule has 0 aromatic heterocycles. The van der Waals surface area contributed by atoms with Crippen molar-refractivity contribution >= 4 is 35.4 Å². The van der Waals surface area contributed by atoms with E-state index in [1.54, 1.807) is 6.07 Å². The summed E-state index contributed by atoms with van der Waals surface area (Å²) in [6, 6.07) is 7.37. The van der Waals surface area contributed by atoms with Gasteiger partial charge in [0.15, 0.2) is 0 Å². The first-order valence-electron chi connectivity index (χ1n) is 7.96. The molecule has 2 rings (SSSR count). The van der Waals surface area contributed by atoms with Gasteiger partial charge in [-0.2, -0.15) is 0 Å². The number of hydrogen-bond donors (Lipinski definition) is 3. The van der Waals surface area contributed by atoms with Crippen molar-refractivity contribution in [2.45, 2.75) is 29.9 Å². The van der Waals surface area contributed by atoms with Crippen LogP contribution in [0, 0.1) is 0 Å². The fraction of sp³-hybridized carbons (Fsp3) is 0.438. The fourth-order valence-corrected chi connectivity index (χ4v) is 3.15. The number of rotatable bonds is 7. The Bertz CT molecular complexity index is 626. The van der Waals surface area contributed by atoms with Gasteiger partial charge < -0.3 is 14.8 Å². The van der Waals surface area contributed by atoms with E-state index in [9.17, 15) is 14.4 Å². The van der Waals surface area contributed by atoms with Crippen molar-refractivity contribution in [1.29, 1.82) is 0 Å². The van der Waals surface area contributed by atoms with Gasteiger partial charge in [-0.25, -0.2) is 10.2 Å². The second-order valence-electron chi connectivity index (χ2n) is 5.22. The summed E-state index contributed by atoms with van der Waals surface area (Å²) in [6.45, 7) is 2.98. The predicted molar refractivity (Wildman–Crippen MR) is 93.1 cm³/mol. The molecule has 0 saturated heterocycles. The van der Waals surface area contributed by atoms with Crippen molar-refractivity contribution in [3.63, 3.8) is 0 Å². The molecule has 0 radical (unpaired) electrons. The zero-order valence-electron chi connectivity index (χ0n) is 13.9. The van der Waals surface area contributed by atoms with Gasteiger partial charge in [0, 0.05) is 17.9 Å². The predicted octanol–water partition coefficient (Wildman–Crippen LogP) is 1.67. The van der Waals surface area contributed by atoms with Gasteiger partial charge in [0.1, 0.15) is 6.61 Å².